The number of hydrogen-bond donors (Lipinski definition) is 1. The fourth-order valence-corrected chi connectivity index (χ4v) is 5.00. The minimum atomic E-state index is -3.36. The van der Waals surface area contributed by atoms with Crippen LogP contribution in [0.5, 0.6) is 0 Å². The molecule has 0 unspecified atom stereocenters. The summed E-state index contributed by atoms with van der Waals surface area (Å²) in [6.45, 7) is 4.30. The van der Waals surface area contributed by atoms with Gasteiger partial charge in [-0.05, 0) is 50.0 Å². The third-order valence-corrected chi connectivity index (χ3v) is 6.48. The van der Waals surface area contributed by atoms with Gasteiger partial charge in [0.1, 0.15) is 0 Å². The van der Waals surface area contributed by atoms with E-state index >= 15 is 0 Å². The maximum atomic E-state index is 12.8. The van der Waals surface area contributed by atoms with Crippen molar-refractivity contribution in [2.75, 3.05) is 19.6 Å². The molecule has 0 spiro atoms. The first kappa shape index (κ1) is 21.0. The zero-order valence-corrected chi connectivity index (χ0v) is 16.2. The van der Waals surface area contributed by atoms with Crippen molar-refractivity contribution in [3.8, 4) is 0 Å². The van der Waals surface area contributed by atoms with Crippen molar-refractivity contribution in [2.24, 2.45) is 0 Å². The van der Waals surface area contributed by atoms with E-state index in [1.165, 1.54) is 0 Å². The Morgan fingerprint density at radius 1 is 1.22 bits per heavy atom. The number of rotatable bonds is 6. The average Bonchev–Trinajstić information content (AvgIpc) is 2.49. The Balaban J connectivity index is 0.00000264. The summed E-state index contributed by atoms with van der Waals surface area (Å²) in [5.74, 6) is -0.0339. The molecule has 0 atom stereocenters. The van der Waals surface area contributed by atoms with Crippen LogP contribution in [0.25, 0.3) is 0 Å². The van der Waals surface area contributed by atoms with Crippen molar-refractivity contribution in [3.05, 3.63) is 33.8 Å². The predicted octanol–water partition coefficient (Wildman–Crippen LogP) is 3.71. The summed E-state index contributed by atoms with van der Waals surface area (Å²) in [7, 11) is -3.36. The van der Waals surface area contributed by atoms with Crippen molar-refractivity contribution < 1.29 is 8.42 Å². The summed E-state index contributed by atoms with van der Waals surface area (Å²) < 4.78 is 27.3. The molecule has 4 nitrogen and oxygen atoms in total. The Kier molecular flexibility index (Phi) is 8.63. The van der Waals surface area contributed by atoms with E-state index in [4.69, 9.17) is 23.2 Å². The van der Waals surface area contributed by atoms with Crippen LogP contribution in [0.2, 0.25) is 10.0 Å². The number of benzene rings is 1. The summed E-state index contributed by atoms with van der Waals surface area (Å²) in [5, 5.41) is 4.10. The third-order valence-electron chi connectivity index (χ3n) is 3.85. The molecule has 1 fully saturated rings. The maximum Gasteiger partial charge on any atom is 0.218 e. The second-order valence-electron chi connectivity index (χ2n) is 5.60. The van der Waals surface area contributed by atoms with Crippen LogP contribution in [-0.2, 0) is 15.8 Å². The largest absolute Gasteiger partial charge is 0.317 e. The lowest BCUT2D eigenvalue weighted by atomic mass is 10.1. The number of nitrogens with one attached hydrogen (secondary N) is 1. The molecule has 1 saturated heterocycles. The molecule has 0 aromatic heterocycles. The van der Waals surface area contributed by atoms with Crippen LogP contribution in [-0.4, -0.2) is 38.4 Å². The highest BCUT2D eigenvalue weighted by atomic mass is 35.5. The van der Waals surface area contributed by atoms with E-state index in [0.717, 1.165) is 32.4 Å². The van der Waals surface area contributed by atoms with Crippen molar-refractivity contribution >= 4 is 45.6 Å². The maximum absolute atomic E-state index is 12.8. The molecule has 8 heteroatoms. The average molecular weight is 402 g/mol. The zero-order chi connectivity index (χ0) is 16.2. The van der Waals surface area contributed by atoms with Gasteiger partial charge in [-0.25, -0.2) is 8.42 Å². The molecular weight excluding hydrogens is 379 g/mol. The normalized spacial score (nSPS) is 16.3. The molecule has 23 heavy (non-hydrogen) atoms. The van der Waals surface area contributed by atoms with Gasteiger partial charge in [0, 0.05) is 12.6 Å². The second kappa shape index (κ2) is 9.44. The molecule has 132 valence electrons. The van der Waals surface area contributed by atoms with Gasteiger partial charge in [-0.2, -0.15) is 4.31 Å². The smallest absolute Gasteiger partial charge is 0.218 e. The molecular formula is C15H23Cl3N2O2S. The number of halogens is 3. The summed E-state index contributed by atoms with van der Waals surface area (Å²) in [6, 6.07) is 5.09. The fraction of sp³-hybridized carbons (Fsp3) is 0.600. The molecule has 1 aromatic rings. The van der Waals surface area contributed by atoms with Crippen LogP contribution >= 0.6 is 35.6 Å². The van der Waals surface area contributed by atoms with Crippen molar-refractivity contribution in [1.29, 1.82) is 0 Å². The van der Waals surface area contributed by atoms with Gasteiger partial charge in [0.25, 0.3) is 0 Å². The highest BCUT2D eigenvalue weighted by Gasteiger charge is 2.30. The fourth-order valence-electron chi connectivity index (χ4n) is 2.79. The number of sulfonamides is 1. The van der Waals surface area contributed by atoms with Gasteiger partial charge in [-0.15, -0.1) is 12.4 Å². The standard InChI is InChI=1S/C15H22Cl2N2O2S.ClH/c1-2-9-19(13-5-7-18-8-6-13)22(20,21)11-12-3-4-14(16)15(17)10-12;/h3-4,10,13,18H,2,5-9,11H2,1H3;1H. The first-order valence-corrected chi connectivity index (χ1v) is 9.94. The Hall–Kier alpha value is -0.0400. The van der Waals surface area contributed by atoms with E-state index in [0.29, 0.717) is 22.2 Å². The Labute approximate surface area is 155 Å². The van der Waals surface area contributed by atoms with Crippen molar-refractivity contribution in [1.82, 2.24) is 9.62 Å². The van der Waals surface area contributed by atoms with Crippen LogP contribution in [0.15, 0.2) is 18.2 Å². The first-order valence-electron chi connectivity index (χ1n) is 7.58. The van der Waals surface area contributed by atoms with Crippen LogP contribution in [0.3, 0.4) is 0 Å². The topological polar surface area (TPSA) is 49.4 Å². The SMILES string of the molecule is CCCN(C1CCNCC1)S(=O)(=O)Cc1ccc(Cl)c(Cl)c1.Cl. The monoisotopic (exact) mass is 400 g/mol. The Morgan fingerprint density at radius 2 is 1.87 bits per heavy atom. The minimum Gasteiger partial charge on any atom is -0.317 e. The van der Waals surface area contributed by atoms with E-state index in [1.807, 2.05) is 6.92 Å². The van der Waals surface area contributed by atoms with E-state index in [-0.39, 0.29) is 24.2 Å². The summed E-state index contributed by atoms with van der Waals surface area (Å²) >= 11 is 11.9. The van der Waals surface area contributed by atoms with Crippen molar-refractivity contribution in [3.63, 3.8) is 0 Å². The van der Waals surface area contributed by atoms with Gasteiger partial charge in [0.15, 0.2) is 0 Å². The number of piperidine rings is 1. The van der Waals surface area contributed by atoms with E-state index in [9.17, 15) is 8.42 Å². The van der Waals surface area contributed by atoms with Gasteiger partial charge >= 0.3 is 0 Å². The lowest BCUT2D eigenvalue weighted by Crippen LogP contribution is -2.46. The molecule has 0 amide bonds. The van der Waals surface area contributed by atoms with Crippen LogP contribution < -0.4 is 5.32 Å². The Morgan fingerprint density at radius 3 is 2.43 bits per heavy atom. The van der Waals surface area contributed by atoms with Gasteiger partial charge in [-0.3, -0.25) is 0 Å². The second-order valence-corrected chi connectivity index (χ2v) is 8.33. The van der Waals surface area contributed by atoms with E-state index < -0.39 is 10.0 Å². The molecule has 1 aliphatic rings. The van der Waals surface area contributed by atoms with E-state index in [2.05, 4.69) is 5.32 Å². The molecule has 1 N–H and O–H groups in total. The highest BCUT2D eigenvalue weighted by Crippen LogP contribution is 2.25. The van der Waals surface area contributed by atoms with Gasteiger partial charge in [-0.1, -0.05) is 36.2 Å². The van der Waals surface area contributed by atoms with Crippen molar-refractivity contribution in [2.45, 2.75) is 38.0 Å². The number of nitrogens with zero attached hydrogens (tertiary/aromatic N) is 1. The third kappa shape index (κ3) is 5.76. The lowest BCUT2D eigenvalue weighted by molar-refractivity contribution is 0.262. The predicted molar refractivity (Wildman–Crippen MR) is 99.2 cm³/mol. The van der Waals surface area contributed by atoms with Crippen LogP contribution in [0.4, 0.5) is 0 Å². The summed E-state index contributed by atoms with van der Waals surface area (Å²) in [4.78, 5) is 0. The molecule has 0 aliphatic carbocycles. The molecule has 1 heterocycles. The molecule has 0 radical (unpaired) electrons. The summed E-state index contributed by atoms with van der Waals surface area (Å²) in [5.41, 5.74) is 0.671. The van der Waals surface area contributed by atoms with E-state index in [1.54, 1.807) is 22.5 Å². The zero-order valence-electron chi connectivity index (χ0n) is 13.1. The van der Waals surface area contributed by atoms with Crippen LogP contribution in [0, 0.1) is 0 Å². The molecule has 0 bridgehead atoms. The lowest BCUT2D eigenvalue weighted by Gasteiger charge is -2.33. The highest BCUT2D eigenvalue weighted by molar-refractivity contribution is 7.88. The number of hydrogen-bond acceptors (Lipinski definition) is 3. The Bertz CT molecular complexity index is 605. The molecule has 1 aromatic carbocycles. The first-order chi connectivity index (χ1) is 10.4. The molecule has 2 rings (SSSR count). The van der Waals surface area contributed by atoms with Crippen LogP contribution in [0.1, 0.15) is 31.7 Å². The van der Waals surface area contributed by atoms with Gasteiger partial charge in [0.2, 0.25) is 10.0 Å². The molecule has 1 aliphatic heterocycles. The summed E-state index contributed by atoms with van der Waals surface area (Å²) in [6.07, 6.45) is 2.53. The molecule has 0 saturated carbocycles. The quantitative estimate of drug-likeness (QED) is 0.790. The minimum absolute atomic E-state index is 0. The van der Waals surface area contributed by atoms with Gasteiger partial charge < -0.3 is 5.32 Å². The van der Waals surface area contributed by atoms with Gasteiger partial charge in [0.05, 0.1) is 15.8 Å².